The lowest BCUT2D eigenvalue weighted by molar-refractivity contribution is -0.0429. The van der Waals surface area contributed by atoms with Crippen molar-refractivity contribution in [3.05, 3.63) is 65.7 Å². The molecule has 0 aliphatic carbocycles. The molecule has 8 heteroatoms. The summed E-state index contributed by atoms with van der Waals surface area (Å²) in [4.78, 5) is 0. The number of hydrogen-bond acceptors (Lipinski definition) is 3. The summed E-state index contributed by atoms with van der Waals surface area (Å²) in [5, 5.41) is 10.2. The highest BCUT2D eigenvalue weighted by Gasteiger charge is 2.46. The zero-order valence-corrected chi connectivity index (χ0v) is 11.9. The van der Waals surface area contributed by atoms with Crippen molar-refractivity contribution in [1.29, 1.82) is 0 Å². The van der Waals surface area contributed by atoms with E-state index in [0.717, 1.165) is 6.07 Å². The maximum absolute atomic E-state index is 12.3. The molecule has 2 aromatic carbocycles. The molecule has 22 heavy (non-hydrogen) atoms. The molecule has 0 aliphatic rings. The molecule has 0 spiro atoms. The van der Waals surface area contributed by atoms with E-state index in [1.165, 1.54) is 22.9 Å². The fourth-order valence-corrected chi connectivity index (χ4v) is 2.37. The summed E-state index contributed by atoms with van der Waals surface area (Å²) in [7, 11) is -5.49. The van der Waals surface area contributed by atoms with Crippen LogP contribution < -0.4 is 4.72 Å². The molecule has 118 valence electrons. The Morgan fingerprint density at radius 2 is 1.55 bits per heavy atom. The highest BCUT2D eigenvalue weighted by atomic mass is 32.2. The Kier molecular flexibility index (Phi) is 4.43. The lowest BCUT2D eigenvalue weighted by Crippen LogP contribution is -2.29. The molecule has 0 radical (unpaired) electrons. The molecule has 0 saturated carbocycles. The molecule has 4 nitrogen and oxygen atoms in total. The maximum atomic E-state index is 12.3. The van der Waals surface area contributed by atoms with Gasteiger partial charge >= 0.3 is 15.5 Å². The van der Waals surface area contributed by atoms with E-state index < -0.39 is 21.6 Å². The van der Waals surface area contributed by atoms with Gasteiger partial charge in [-0.05, 0) is 23.3 Å². The SMILES string of the molecule is O=S(=O)(Nc1cccc([C@H](O)c2ccccc2)c1)C(F)(F)F. The molecular formula is C14H12F3NO3S. The molecule has 2 rings (SSSR count). The van der Waals surface area contributed by atoms with Crippen LogP contribution >= 0.6 is 0 Å². The molecule has 0 saturated heterocycles. The second kappa shape index (κ2) is 5.98. The summed E-state index contributed by atoms with van der Waals surface area (Å²) >= 11 is 0. The summed E-state index contributed by atoms with van der Waals surface area (Å²) < 4.78 is 60.6. The normalized spacial score (nSPS) is 13.6. The van der Waals surface area contributed by atoms with Gasteiger partial charge in [0.1, 0.15) is 6.10 Å². The number of sulfonamides is 1. The van der Waals surface area contributed by atoms with Crippen molar-refractivity contribution in [3.8, 4) is 0 Å². The van der Waals surface area contributed by atoms with E-state index in [-0.39, 0.29) is 11.3 Å². The summed E-state index contributed by atoms with van der Waals surface area (Å²) in [5.74, 6) is 0. The van der Waals surface area contributed by atoms with E-state index in [9.17, 15) is 26.7 Å². The van der Waals surface area contributed by atoms with Crippen molar-refractivity contribution >= 4 is 15.7 Å². The first-order valence-corrected chi connectivity index (χ1v) is 7.61. The van der Waals surface area contributed by atoms with Gasteiger partial charge in [0.05, 0.1) is 0 Å². The van der Waals surface area contributed by atoms with Crippen molar-refractivity contribution in [2.24, 2.45) is 0 Å². The number of alkyl halides is 3. The Bertz CT molecular complexity index is 745. The van der Waals surface area contributed by atoms with Crippen LogP contribution in [0.4, 0.5) is 18.9 Å². The van der Waals surface area contributed by atoms with Gasteiger partial charge in [-0.15, -0.1) is 0 Å². The summed E-state index contributed by atoms with van der Waals surface area (Å²) in [6.45, 7) is 0. The molecule has 0 bridgehead atoms. The van der Waals surface area contributed by atoms with E-state index in [0.29, 0.717) is 5.56 Å². The van der Waals surface area contributed by atoms with Crippen LogP contribution in [0.5, 0.6) is 0 Å². The monoisotopic (exact) mass is 331 g/mol. The lowest BCUT2D eigenvalue weighted by atomic mass is 10.0. The fourth-order valence-electron chi connectivity index (χ4n) is 1.81. The van der Waals surface area contributed by atoms with Gasteiger partial charge in [-0.1, -0.05) is 42.5 Å². The molecule has 2 N–H and O–H groups in total. The first kappa shape index (κ1) is 16.3. The van der Waals surface area contributed by atoms with Crippen molar-refractivity contribution in [2.75, 3.05) is 4.72 Å². The Balaban J connectivity index is 2.28. The van der Waals surface area contributed by atoms with Crippen LogP contribution in [0.25, 0.3) is 0 Å². The van der Waals surface area contributed by atoms with Crippen molar-refractivity contribution in [3.63, 3.8) is 0 Å². The first-order valence-electron chi connectivity index (χ1n) is 6.13. The van der Waals surface area contributed by atoms with E-state index in [4.69, 9.17) is 0 Å². The standard InChI is InChI=1S/C14H12F3NO3S/c15-14(16,17)22(20,21)18-12-8-4-7-11(9-12)13(19)10-5-2-1-3-6-10/h1-9,13,18-19H/t13-/m1/s1. The number of halogens is 3. The van der Waals surface area contributed by atoms with Crippen LogP contribution in [0.3, 0.4) is 0 Å². The van der Waals surface area contributed by atoms with Crippen LogP contribution in [0.15, 0.2) is 54.6 Å². The van der Waals surface area contributed by atoms with Crippen LogP contribution in [-0.2, 0) is 10.0 Å². The van der Waals surface area contributed by atoms with E-state index in [1.54, 1.807) is 30.3 Å². The summed E-state index contributed by atoms with van der Waals surface area (Å²) in [6.07, 6.45) is -1.07. The van der Waals surface area contributed by atoms with Gasteiger partial charge in [-0.3, -0.25) is 4.72 Å². The van der Waals surface area contributed by atoms with E-state index in [2.05, 4.69) is 0 Å². The molecule has 0 unspecified atom stereocenters. The van der Waals surface area contributed by atoms with Crippen LogP contribution in [0.2, 0.25) is 0 Å². The van der Waals surface area contributed by atoms with E-state index >= 15 is 0 Å². The number of anilines is 1. The first-order chi connectivity index (χ1) is 10.2. The van der Waals surface area contributed by atoms with E-state index in [1.807, 2.05) is 0 Å². The third-order valence-corrected chi connectivity index (χ3v) is 3.99. The van der Waals surface area contributed by atoms with Crippen LogP contribution in [-0.4, -0.2) is 19.0 Å². The second-order valence-corrected chi connectivity index (χ2v) is 6.16. The van der Waals surface area contributed by atoms with Crippen molar-refractivity contribution in [2.45, 2.75) is 11.6 Å². The van der Waals surface area contributed by atoms with Crippen molar-refractivity contribution < 1.29 is 26.7 Å². The Labute approximate surface area is 125 Å². The topological polar surface area (TPSA) is 66.4 Å². The van der Waals surface area contributed by atoms with Gasteiger partial charge in [0.15, 0.2) is 0 Å². The highest BCUT2D eigenvalue weighted by Crippen LogP contribution is 2.28. The molecule has 1 atom stereocenters. The van der Waals surface area contributed by atoms with Gasteiger partial charge in [0, 0.05) is 5.69 Å². The van der Waals surface area contributed by atoms with Crippen LogP contribution in [0.1, 0.15) is 17.2 Å². The molecule has 2 aromatic rings. The van der Waals surface area contributed by atoms with Crippen molar-refractivity contribution in [1.82, 2.24) is 0 Å². The maximum Gasteiger partial charge on any atom is 0.516 e. The Hall–Kier alpha value is -2.06. The number of benzene rings is 2. The Morgan fingerprint density at radius 1 is 0.955 bits per heavy atom. The molecular weight excluding hydrogens is 319 g/mol. The summed E-state index contributed by atoms with van der Waals surface area (Å²) in [6, 6.07) is 13.6. The molecule has 0 aliphatic heterocycles. The molecule has 0 fully saturated rings. The second-order valence-electron chi connectivity index (χ2n) is 4.49. The molecule has 0 amide bonds. The molecule has 0 heterocycles. The number of rotatable bonds is 4. The van der Waals surface area contributed by atoms with Gasteiger partial charge in [0.25, 0.3) is 0 Å². The largest absolute Gasteiger partial charge is 0.516 e. The number of nitrogens with one attached hydrogen (secondary N) is 1. The number of aliphatic hydroxyl groups is 1. The minimum Gasteiger partial charge on any atom is -0.384 e. The van der Waals surface area contributed by atoms with Gasteiger partial charge in [-0.2, -0.15) is 21.6 Å². The minimum atomic E-state index is -5.49. The molecule has 0 aromatic heterocycles. The average molecular weight is 331 g/mol. The average Bonchev–Trinajstić information content (AvgIpc) is 2.46. The predicted molar refractivity (Wildman–Crippen MR) is 75.5 cm³/mol. The van der Waals surface area contributed by atoms with Gasteiger partial charge in [0.2, 0.25) is 0 Å². The van der Waals surface area contributed by atoms with Crippen LogP contribution in [0, 0.1) is 0 Å². The fraction of sp³-hybridized carbons (Fsp3) is 0.143. The number of aliphatic hydroxyl groups excluding tert-OH is 1. The smallest absolute Gasteiger partial charge is 0.384 e. The van der Waals surface area contributed by atoms with Gasteiger partial charge < -0.3 is 5.11 Å². The van der Waals surface area contributed by atoms with Gasteiger partial charge in [-0.25, -0.2) is 0 Å². The summed E-state index contributed by atoms with van der Waals surface area (Å²) in [5.41, 5.74) is -4.86. The third-order valence-electron chi connectivity index (χ3n) is 2.87. The zero-order valence-electron chi connectivity index (χ0n) is 11.1. The predicted octanol–water partition coefficient (Wildman–Crippen LogP) is 3.03. The third kappa shape index (κ3) is 3.58. The highest BCUT2D eigenvalue weighted by molar-refractivity contribution is 7.93. The minimum absolute atomic E-state index is 0.272. The number of hydrogen-bond donors (Lipinski definition) is 2. The quantitative estimate of drug-likeness (QED) is 0.905. The zero-order chi connectivity index (χ0) is 16.4. The Morgan fingerprint density at radius 3 is 2.14 bits per heavy atom. The lowest BCUT2D eigenvalue weighted by Gasteiger charge is -2.14.